The number of rotatable bonds is 3. The molecule has 0 amide bonds. The van der Waals surface area contributed by atoms with Gasteiger partial charge in [-0.15, -0.1) is 0 Å². The summed E-state index contributed by atoms with van der Waals surface area (Å²) in [6.45, 7) is 6.25. The van der Waals surface area contributed by atoms with Crippen LogP contribution in [0.1, 0.15) is 12.6 Å². The van der Waals surface area contributed by atoms with Crippen LogP contribution in [0.2, 0.25) is 0 Å². The maximum Gasteiger partial charge on any atom is 0.227 e. The van der Waals surface area contributed by atoms with Crippen LogP contribution in [0.15, 0.2) is 89.4 Å². The Morgan fingerprint density at radius 2 is 1.67 bits per heavy atom. The van der Waals surface area contributed by atoms with Gasteiger partial charge in [0.25, 0.3) is 0 Å². The zero-order chi connectivity index (χ0) is 20.5. The summed E-state index contributed by atoms with van der Waals surface area (Å²) >= 11 is 0. The number of benzene rings is 3. The van der Waals surface area contributed by atoms with Gasteiger partial charge in [0, 0.05) is 16.2 Å². The predicted octanol–water partition coefficient (Wildman–Crippen LogP) is 5.34. The fourth-order valence-electron chi connectivity index (χ4n) is 3.53. The van der Waals surface area contributed by atoms with Crippen molar-refractivity contribution in [1.82, 2.24) is 9.97 Å². The van der Waals surface area contributed by atoms with Crippen molar-refractivity contribution in [3.63, 3.8) is 0 Å². The lowest BCUT2D eigenvalue weighted by molar-refractivity contribution is 0.620. The molecule has 0 N–H and O–H groups in total. The first-order valence-corrected chi connectivity index (χ1v) is 9.88. The Kier molecular flexibility index (Phi) is 4.49. The minimum Gasteiger partial charge on any atom is -0.436 e. The molecule has 0 radical (unpaired) electrons. The molecule has 3 aromatic carbocycles. The first kappa shape index (κ1) is 18.1. The van der Waals surface area contributed by atoms with Gasteiger partial charge in [-0.1, -0.05) is 67.3 Å². The second kappa shape index (κ2) is 7.45. The molecule has 3 heteroatoms. The number of allylic oxidation sites excluding steroid dienone is 2. The molecule has 3 nitrogen and oxygen atoms in total. The number of aromatic nitrogens is 2. The van der Waals surface area contributed by atoms with Crippen molar-refractivity contribution in [2.45, 2.75) is 6.92 Å². The maximum atomic E-state index is 6.00. The Morgan fingerprint density at radius 3 is 2.53 bits per heavy atom. The summed E-state index contributed by atoms with van der Waals surface area (Å²) in [5, 5.41) is 3.00. The molecule has 0 atom stereocenters. The number of fused-ring (bicyclic) bond motifs is 2. The van der Waals surface area contributed by atoms with E-state index in [1.807, 2.05) is 66.7 Å². The second-order valence-corrected chi connectivity index (χ2v) is 7.28. The Morgan fingerprint density at radius 1 is 0.867 bits per heavy atom. The molecular weight excluding hydrogens is 368 g/mol. The summed E-state index contributed by atoms with van der Waals surface area (Å²) in [7, 11) is 0. The normalized spacial score (nSPS) is 12.7. The molecule has 5 aromatic rings. The first-order chi connectivity index (χ1) is 14.7. The number of nitrogens with zero attached hydrogens (tertiary/aromatic N) is 2. The van der Waals surface area contributed by atoms with Gasteiger partial charge in [-0.3, -0.25) is 0 Å². The molecule has 0 aliphatic carbocycles. The number of hydrogen-bond donors (Lipinski definition) is 0. The molecule has 0 aliphatic rings. The van der Waals surface area contributed by atoms with E-state index in [-0.39, 0.29) is 0 Å². The SMILES string of the molecule is C=c1ccc2oc(-c3ccccc3)nc2/c1=C/C=C(\C)c1ccc2ccccc2n1. The molecule has 0 aliphatic heterocycles. The molecule has 0 saturated carbocycles. The Labute approximate surface area is 174 Å². The molecule has 5 rings (SSSR count). The molecule has 0 fully saturated rings. The van der Waals surface area contributed by atoms with Crippen LogP contribution in [0.25, 0.3) is 51.7 Å². The zero-order valence-corrected chi connectivity index (χ0v) is 16.7. The van der Waals surface area contributed by atoms with Crippen LogP contribution in [0.3, 0.4) is 0 Å². The van der Waals surface area contributed by atoms with Crippen LogP contribution < -0.4 is 10.4 Å². The highest BCUT2D eigenvalue weighted by molar-refractivity contribution is 5.82. The van der Waals surface area contributed by atoms with Gasteiger partial charge >= 0.3 is 0 Å². The third-order valence-corrected chi connectivity index (χ3v) is 5.21. The highest BCUT2D eigenvalue weighted by atomic mass is 16.3. The van der Waals surface area contributed by atoms with Gasteiger partial charge in [0.15, 0.2) is 5.58 Å². The number of pyridine rings is 1. The van der Waals surface area contributed by atoms with Gasteiger partial charge in [-0.2, -0.15) is 0 Å². The summed E-state index contributed by atoms with van der Waals surface area (Å²) in [6.07, 6.45) is 4.12. The average Bonchev–Trinajstić information content (AvgIpc) is 3.23. The monoisotopic (exact) mass is 388 g/mol. The predicted molar refractivity (Wildman–Crippen MR) is 124 cm³/mol. The molecule has 2 aromatic heterocycles. The standard InChI is InChI=1S/C27H20N2O/c1-18-13-17-25-26(29-27(30-25)21-9-4-3-5-10-21)22(18)15-12-19(2)23-16-14-20-8-6-7-11-24(20)28-23/h3-17H,1H2,2H3/b19-12+,22-15+. The quantitative estimate of drug-likeness (QED) is 0.419. The Balaban J connectivity index is 1.61. The van der Waals surface area contributed by atoms with Gasteiger partial charge in [0.2, 0.25) is 5.89 Å². The van der Waals surface area contributed by atoms with E-state index in [0.717, 1.165) is 49.3 Å². The van der Waals surface area contributed by atoms with E-state index in [1.54, 1.807) is 0 Å². The molecule has 0 unspecified atom stereocenters. The van der Waals surface area contributed by atoms with Crippen LogP contribution in [0.4, 0.5) is 0 Å². The lowest BCUT2D eigenvalue weighted by Crippen LogP contribution is -2.23. The largest absolute Gasteiger partial charge is 0.436 e. The number of oxazole rings is 1. The average molecular weight is 388 g/mol. The van der Waals surface area contributed by atoms with Crippen molar-refractivity contribution in [3.05, 3.63) is 101 Å². The van der Waals surface area contributed by atoms with Gasteiger partial charge in [0.1, 0.15) is 5.52 Å². The van der Waals surface area contributed by atoms with E-state index >= 15 is 0 Å². The lowest BCUT2D eigenvalue weighted by Gasteiger charge is -2.02. The number of hydrogen-bond acceptors (Lipinski definition) is 3. The van der Waals surface area contributed by atoms with Gasteiger partial charge in [-0.25, -0.2) is 9.97 Å². The van der Waals surface area contributed by atoms with Crippen molar-refractivity contribution in [3.8, 4) is 11.5 Å². The van der Waals surface area contributed by atoms with Crippen molar-refractivity contribution >= 4 is 40.2 Å². The highest BCUT2D eigenvalue weighted by Gasteiger charge is 2.09. The summed E-state index contributed by atoms with van der Waals surface area (Å²) < 4.78 is 6.00. The summed E-state index contributed by atoms with van der Waals surface area (Å²) in [4.78, 5) is 9.53. The first-order valence-electron chi connectivity index (χ1n) is 9.88. The van der Waals surface area contributed by atoms with Crippen molar-refractivity contribution < 1.29 is 4.42 Å². The van der Waals surface area contributed by atoms with E-state index in [0.29, 0.717) is 5.89 Å². The third kappa shape index (κ3) is 3.31. The third-order valence-electron chi connectivity index (χ3n) is 5.21. The fraction of sp³-hybridized carbons (Fsp3) is 0.0370. The molecule has 0 bridgehead atoms. The van der Waals surface area contributed by atoms with Crippen LogP contribution in [-0.4, -0.2) is 9.97 Å². The molecule has 0 saturated heterocycles. The van der Waals surface area contributed by atoms with E-state index in [1.165, 1.54) is 0 Å². The summed E-state index contributed by atoms with van der Waals surface area (Å²) in [5.74, 6) is 0.614. The van der Waals surface area contributed by atoms with Crippen LogP contribution in [0.5, 0.6) is 0 Å². The van der Waals surface area contributed by atoms with Crippen LogP contribution in [-0.2, 0) is 0 Å². The lowest BCUT2D eigenvalue weighted by atomic mass is 10.1. The highest BCUT2D eigenvalue weighted by Crippen LogP contribution is 2.22. The van der Waals surface area contributed by atoms with Crippen molar-refractivity contribution in [2.24, 2.45) is 0 Å². The minimum absolute atomic E-state index is 0.614. The van der Waals surface area contributed by atoms with E-state index < -0.39 is 0 Å². The van der Waals surface area contributed by atoms with Crippen molar-refractivity contribution in [2.75, 3.05) is 0 Å². The number of para-hydroxylation sites is 1. The maximum absolute atomic E-state index is 6.00. The van der Waals surface area contributed by atoms with E-state index in [2.05, 4.69) is 37.8 Å². The topological polar surface area (TPSA) is 38.9 Å². The molecule has 0 spiro atoms. The molecule has 30 heavy (non-hydrogen) atoms. The minimum atomic E-state index is 0.614. The molecule has 144 valence electrons. The summed E-state index contributed by atoms with van der Waals surface area (Å²) in [6, 6.07) is 26.1. The Bertz CT molecular complexity index is 1510. The summed E-state index contributed by atoms with van der Waals surface area (Å²) in [5.41, 5.74) is 5.54. The Hall–Kier alpha value is -3.98. The van der Waals surface area contributed by atoms with Crippen LogP contribution in [0, 0.1) is 0 Å². The molecule has 2 heterocycles. The fourth-order valence-corrected chi connectivity index (χ4v) is 3.53. The van der Waals surface area contributed by atoms with E-state index in [9.17, 15) is 0 Å². The van der Waals surface area contributed by atoms with Crippen LogP contribution >= 0.6 is 0 Å². The molecular formula is C27H20N2O. The second-order valence-electron chi connectivity index (χ2n) is 7.28. The van der Waals surface area contributed by atoms with Gasteiger partial charge in [-0.05, 0) is 48.0 Å². The smallest absolute Gasteiger partial charge is 0.227 e. The van der Waals surface area contributed by atoms with Gasteiger partial charge in [0.05, 0.1) is 11.2 Å². The van der Waals surface area contributed by atoms with Crippen molar-refractivity contribution in [1.29, 1.82) is 0 Å². The van der Waals surface area contributed by atoms with E-state index in [4.69, 9.17) is 14.4 Å². The zero-order valence-electron chi connectivity index (χ0n) is 16.7. The van der Waals surface area contributed by atoms with Gasteiger partial charge < -0.3 is 4.42 Å².